The Hall–Kier alpha value is -4.49. The number of nitrogens with zero attached hydrogens (tertiary/aromatic N) is 3. The van der Waals surface area contributed by atoms with Gasteiger partial charge in [-0.05, 0) is 30.7 Å². The van der Waals surface area contributed by atoms with Gasteiger partial charge in [0.1, 0.15) is 29.2 Å². The van der Waals surface area contributed by atoms with Crippen LogP contribution in [0.4, 0.5) is 39.1 Å². The molecule has 194 valence electrons. The third kappa shape index (κ3) is 6.20. The number of anilines is 3. The minimum atomic E-state index is -4.89. The SMILES string of the molecule is COc1ncc(Nc2cc(F)cc(F)c2)nc1C(=O)NC1CCN(c2cccc(OC(F)(F)F)c2)C1=O. The summed E-state index contributed by atoms with van der Waals surface area (Å²) in [7, 11) is 1.24. The van der Waals surface area contributed by atoms with Gasteiger partial charge in [0.2, 0.25) is 11.8 Å². The van der Waals surface area contributed by atoms with Crippen molar-refractivity contribution in [1.29, 1.82) is 0 Å². The zero-order valence-corrected chi connectivity index (χ0v) is 19.0. The second-order valence-electron chi connectivity index (χ2n) is 7.75. The second-order valence-corrected chi connectivity index (χ2v) is 7.75. The van der Waals surface area contributed by atoms with Gasteiger partial charge in [0.05, 0.1) is 13.3 Å². The molecule has 1 aliphatic heterocycles. The van der Waals surface area contributed by atoms with Gasteiger partial charge in [0, 0.05) is 30.1 Å². The molecule has 2 N–H and O–H groups in total. The molecule has 0 radical (unpaired) electrons. The van der Waals surface area contributed by atoms with Crippen LogP contribution in [0.2, 0.25) is 0 Å². The first kappa shape index (κ1) is 25.6. The van der Waals surface area contributed by atoms with Crippen molar-refractivity contribution in [2.75, 3.05) is 23.9 Å². The zero-order valence-electron chi connectivity index (χ0n) is 19.0. The van der Waals surface area contributed by atoms with E-state index in [1.165, 1.54) is 30.3 Å². The number of benzene rings is 2. The van der Waals surface area contributed by atoms with Crippen molar-refractivity contribution in [3.05, 3.63) is 66.0 Å². The van der Waals surface area contributed by atoms with E-state index in [0.29, 0.717) is 6.07 Å². The van der Waals surface area contributed by atoms with E-state index >= 15 is 0 Å². The lowest BCUT2D eigenvalue weighted by Crippen LogP contribution is -2.42. The lowest BCUT2D eigenvalue weighted by molar-refractivity contribution is -0.274. The van der Waals surface area contributed by atoms with Crippen LogP contribution in [-0.4, -0.2) is 47.8 Å². The number of carbonyl (C=O) groups excluding carboxylic acids is 2. The molecule has 1 aromatic heterocycles. The first-order chi connectivity index (χ1) is 17.5. The minimum absolute atomic E-state index is 0.0154. The highest BCUT2D eigenvalue weighted by molar-refractivity contribution is 6.04. The normalized spacial score (nSPS) is 15.5. The number of aromatic nitrogens is 2. The number of nitrogens with one attached hydrogen (secondary N) is 2. The average molecular weight is 523 g/mol. The minimum Gasteiger partial charge on any atom is -0.479 e. The number of hydrogen-bond acceptors (Lipinski definition) is 7. The standard InChI is InChI=1S/C23H18F5N5O4/c1-36-21-19(32-18(11-29-21)30-14-8-12(24)7-13(25)9-14)20(34)31-17-5-6-33(22(17)35)15-3-2-4-16(10-15)37-23(26,27)28/h2-4,7-11,17H,5-6H2,1H3,(H,30,32)(H,31,34). The predicted molar refractivity (Wildman–Crippen MR) is 120 cm³/mol. The van der Waals surface area contributed by atoms with E-state index in [-0.39, 0.29) is 41.7 Å². The zero-order chi connectivity index (χ0) is 26.7. The first-order valence-corrected chi connectivity index (χ1v) is 10.6. The van der Waals surface area contributed by atoms with Crippen LogP contribution in [0, 0.1) is 11.6 Å². The Balaban J connectivity index is 1.49. The van der Waals surface area contributed by atoms with Crippen LogP contribution < -0.4 is 25.0 Å². The van der Waals surface area contributed by atoms with Crippen LogP contribution in [0.3, 0.4) is 0 Å². The van der Waals surface area contributed by atoms with E-state index in [1.54, 1.807) is 0 Å². The fraction of sp³-hybridized carbons (Fsp3) is 0.217. The number of alkyl halides is 3. The van der Waals surface area contributed by atoms with Crippen molar-refractivity contribution in [2.24, 2.45) is 0 Å². The maximum absolute atomic E-state index is 13.5. The summed E-state index contributed by atoms with van der Waals surface area (Å²) in [5.41, 5.74) is -0.132. The lowest BCUT2D eigenvalue weighted by atomic mass is 10.2. The molecular weight excluding hydrogens is 505 g/mol. The molecule has 1 saturated heterocycles. The van der Waals surface area contributed by atoms with Crippen molar-refractivity contribution in [1.82, 2.24) is 15.3 Å². The summed E-state index contributed by atoms with van der Waals surface area (Å²) >= 11 is 0. The fourth-order valence-electron chi connectivity index (χ4n) is 3.65. The number of rotatable bonds is 7. The summed E-state index contributed by atoms with van der Waals surface area (Å²) in [5, 5.41) is 5.14. The molecule has 2 aromatic carbocycles. The maximum Gasteiger partial charge on any atom is 0.573 e. The summed E-state index contributed by atoms with van der Waals surface area (Å²) < 4.78 is 73.5. The quantitative estimate of drug-likeness (QED) is 0.452. The lowest BCUT2D eigenvalue weighted by Gasteiger charge is -2.18. The molecule has 4 rings (SSSR count). The smallest absolute Gasteiger partial charge is 0.479 e. The molecule has 9 nitrogen and oxygen atoms in total. The molecule has 1 aliphatic rings. The molecule has 0 bridgehead atoms. The third-order valence-corrected chi connectivity index (χ3v) is 5.16. The van der Waals surface area contributed by atoms with Crippen LogP contribution in [0.5, 0.6) is 11.6 Å². The molecular formula is C23H18F5N5O4. The summed E-state index contributed by atoms with van der Waals surface area (Å²) in [6.07, 6.45) is -3.56. The Morgan fingerprint density at radius 1 is 1.14 bits per heavy atom. The van der Waals surface area contributed by atoms with E-state index in [2.05, 4.69) is 25.3 Å². The van der Waals surface area contributed by atoms with Crippen LogP contribution >= 0.6 is 0 Å². The highest BCUT2D eigenvalue weighted by Crippen LogP contribution is 2.29. The molecule has 1 unspecified atom stereocenters. The largest absolute Gasteiger partial charge is 0.573 e. The molecule has 0 spiro atoms. The van der Waals surface area contributed by atoms with E-state index in [4.69, 9.17) is 4.74 Å². The summed E-state index contributed by atoms with van der Waals surface area (Å²) in [6.45, 7) is 0.120. The van der Waals surface area contributed by atoms with Crippen LogP contribution in [-0.2, 0) is 4.79 Å². The molecule has 2 heterocycles. The highest BCUT2D eigenvalue weighted by atomic mass is 19.4. The average Bonchev–Trinajstić information content (AvgIpc) is 3.17. The van der Waals surface area contributed by atoms with Gasteiger partial charge < -0.3 is 25.0 Å². The first-order valence-electron chi connectivity index (χ1n) is 10.6. The number of hydrogen-bond donors (Lipinski definition) is 2. The summed E-state index contributed by atoms with van der Waals surface area (Å²) in [4.78, 5) is 35.1. The second kappa shape index (κ2) is 10.2. The van der Waals surface area contributed by atoms with Crippen LogP contribution in [0.25, 0.3) is 0 Å². The van der Waals surface area contributed by atoms with Gasteiger partial charge >= 0.3 is 6.36 Å². The van der Waals surface area contributed by atoms with E-state index in [9.17, 15) is 31.5 Å². The number of ether oxygens (including phenoxy) is 2. The van der Waals surface area contributed by atoms with E-state index in [1.807, 2.05) is 0 Å². The van der Waals surface area contributed by atoms with Gasteiger partial charge in [0.25, 0.3) is 5.91 Å². The Labute approximate surface area is 206 Å². The molecule has 0 aliphatic carbocycles. The summed E-state index contributed by atoms with van der Waals surface area (Å²) in [6, 6.07) is 6.59. The number of methoxy groups -OCH3 is 1. The molecule has 3 aromatic rings. The Morgan fingerprint density at radius 3 is 2.54 bits per heavy atom. The molecule has 1 atom stereocenters. The summed E-state index contributed by atoms with van der Waals surface area (Å²) in [5.74, 6) is -3.75. The molecule has 2 amide bonds. The predicted octanol–water partition coefficient (Wildman–Crippen LogP) is 3.94. The number of halogens is 5. The van der Waals surface area contributed by atoms with Crippen molar-refractivity contribution in [3.63, 3.8) is 0 Å². The van der Waals surface area contributed by atoms with Gasteiger partial charge in [0.15, 0.2) is 5.69 Å². The molecule has 0 saturated carbocycles. The number of carbonyl (C=O) groups is 2. The van der Waals surface area contributed by atoms with E-state index < -0.39 is 41.6 Å². The highest BCUT2D eigenvalue weighted by Gasteiger charge is 2.36. The van der Waals surface area contributed by atoms with Crippen LogP contribution in [0.1, 0.15) is 16.9 Å². The van der Waals surface area contributed by atoms with Crippen molar-refractivity contribution < 1.29 is 41.0 Å². The third-order valence-electron chi connectivity index (χ3n) is 5.16. The maximum atomic E-state index is 13.5. The molecule has 37 heavy (non-hydrogen) atoms. The van der Waals surface area contributed by atoms with Gasteiger partial charge in [-0.1, -0.05) is 6.07 Å². The molecule has 1 fully saturated rings. The topological polar surface area (TPSA) is 106 Å². The Kier molecular flexibility index (Phi) is 7.09. The monoisotopic (exact) mass is 523 g/mol. The van der Waals surface area contributed by atoms with Gasteiger partial charge in [-0.25, -0.2) is 18.7 Å². The van der Waals surface area contributed by atoms with Crippen molar-refractivity contribution in [3.8, 4) is 11.6 Å². The van der Waals surface area contributed by atoms with Crippen molar-refractivity contribution in [2.45, 2.75) is 18.8 Å². The van der Waals surface area contributed by atoms with Crippen LogP contribution in [0.15, 0.2) is 48.7 Å². The fourth-order valence-corrected chi connectivity index (χ4v) is 3.65. The van der Waals surface area contributed by atoms with E-state index in [0.717, 1.165) is 24.3 Å². The van der Waals surface area contributed by atoms with Gasteiger partial charge in [-0.3, -0.25) is 9.59 Å². The Morgan fingerprint density at radius 2 is 1.86 bits per heavy atom. The van der Waals surface area contributed by atoms with Gasteiger partial charge in [-0.2, -0.15) is 0 Å². The Bertz CT molecular complexity index is 1320. The van der Waals surface area contributed by atoms with Crippen molar-refractivity contribution >= 4 is 29.0 Å². The number of amides is 2. The molecule has 14 heteroatoms. The van der Waals surface area contributed by atoms with Gasteiger partial charge in [-0.15, -0.1) is 13.2 Å².